The van der Waals surface area contributed by atoms with E-state index in [1.807, 2.05) is 0 Å². The van der Waals surface area contributed by atoms with Crippen molar-refractivity contribution in [1.29, 1.82) is 0 Å². The Kier molecular flexibility index (Phi) is 7.57. The standard InChI is InChI=1S/C20H38N4O4/c25-14-17-20(26)19(16(28-17)13-22-15-4-11-27-12-5-15)24-9-7-23(8-10-24)18-3-1-2-6-21-18/h15-22,25-26H,1-14H2/p+2/t16-,17+,18?,19-,20-/m1/s1. The van der Waals surface area contributed by atoms with Crippen molar-refractivity contribution in [1.82, 2.24) is 9.80 Å². The summed E-state index contributed by atoms with van der Waals surface area (Å²) >= 11 is 0. The van der Waals surface area contributed by atoms with Gasteiger partial charge in [-0.2, -0.15) is 0 Å². The van der Waals surface area contributed by atoms with E-state index in [4.69, 9.17) is 9.47 Å². The first kappa shape index (κ1) is 20.9. The van der Waals surface area contributed by atoms with Crippen LogP contribution in [0.2, 0.25) is 0 Å². The van der Waals surface area contributed by atoms with Crippen molar-refractivity contribution in [2.75, 3.05) is 59.1 Å². The molecule has 4 heterocycles. The van der Waals surface area contributed by atoms with Crippen LogP contribution in [0.1, 0.15) is 32.1 Å². The molecule has 5 atom stereocenters. The molecule has 0 bridgehead atoms. The van der Waals surface area contributed by atoms with Crippen molar-refractivity contribution in [3.8, 4) is 0 Å². The molecule has 0 radical (unpaired) electrons. The predicted molar refractivity (Wildman–Crippen MR) is 104 cm³/mol. The molecule has 4 rings (SSSR count). The van der Waals surface area contributed by atoms with E-state index < -0.39 is 12.2 Å². The van der Waals surface area contributed by atoms with E-state index in [0.717, 1.165) is 58.8 Å². The van der Waals surface area contributed by atoms with E-state index in [9.17, 15) is 10.2 Å². The maximum Gasteiger partial charge on any atom is 0.142 e. The summed E-state index contributed by atoms with van der Waals surface area (Å²) in [6.07, 6.45) is 5.71. The van der Waals surface area contributed by atoms with Gasteiger partial charge >= 0.3 is 0 Å². The minimum atomic E-state index is -0.606. The maximum atomic E-state index is 10.8. The molecule has 0 saturated carbocycles. The number of aliphatic hydroxyl groups is 2. The summed E-state index contributed by atoms with van der Waals surface area (Å²) in [5, 5.41) is 25.4. The number of quaternary nitrogens is 2. The zero-order valence-corrected chi connectivity index (χ0v) is 17.1. The van der Waals surface area contributed by atoms with Crippen molar-refractivity contribution in [2.45, 2.75) is 68.7 Å². The Balaban J connectivity index is 1.32. The number of piperazine rings is 1. The molecular formula is C20H40N4O4+2. The Labute approximate surface area is 168 Å². The smallest absolute Gasteiger partial charge is 0.142 e. The molecule has 4 saturated heterocycles. The highest BCUT2D eigenvalue weighted by Gasteiger charge is 2.48. The van der Waals surface area contributed by atoms with Crippen LogP contribution in [-0.2, 0) is 9.47 Å². The van der Waals surface area contributed by atoms with E-state index in [1.54, 1.807) is 0 Å². The van der Waals surface area contributed by atoms with Crippen LogP contribution in [0.25, 0.3) is 0 Å². The average molecular weight is 401 g/mol. The van der Waals surface area contributed by atoms with Crippen LogP contribution in [0.15, 0.2) is 0 Å². The quantitative estimate of drug-likeness (QED) is 0.377. The first-order valence-corrected chi connectivity index (χ1v) is 11.4. The average Bonchev–Trinajstić information content (AvgIpc) is 3.09. The number of nitrogens with zero attached hydrogens (tertiary/aromatic N) is 2. The van der Waals surface area contributed by atoms with Gasteiger partial charge in [0.2, 0.25) is 0 Å². The van der Waals surface area contributed by atoms with Crippen LogP contribution in [-0.4, -0.2) is 116 Å². The molecule has 28 heavy (non-hydrogen) atoms. The molecule has 8 heteroatoms. The van der Waals surface area contributed by atoms with Crippen molar-refractivity contribution < 1.29 is 30.3 Å². The fraction of sp³-hybridized carbons (Fsp3) is 1.00. The van der Waals surface area contributed by atoms with Gasteiger partial charge in [0.15, 0.2) is 0 Å². The molecular weight excluding hydrogens is 360 g/mol. The molecule has 162 valence electrons. The molecule has 0 aromatic rings. The van der Waals surface area contributed by atoms with Crippen LogP contribution < -0.4 is 10.6 Å². The van der Waals surface area contributed by atoms with Crippen molar-refractivity contribution in [3.05, 3.63) is 0 Å². The van der Waals surface area contributed by atoms with Gasteiger partial charge in [0.1, 0.15) is 31.0 Å². The number of ether oxygens (including phenoxy) is 2. The molecule has 8 nitrogen and oxygen atoms in total. The number of hydrogen-bond acceptors (Lipinski definition) is 6. The summed E-state index contributed by atoms with van der Waals surface area (Å²) in [7, 11) is 0. The fourth-order valence-electron chi connectivity index (χ4n) is 5.53. The lowest BCUT2D eigenvalue weighted by Gasteiger charge is -2.42. The highest BCUT2D eigenvalue weighted by molar-refractivity contribution is 4.98. The van der Waals surface area contributed by atoms with E-state index in [-0.39, 0.29) is 18.8 Å². The summed E-state index contributed by atoms with van der Waals surface area (Å²) < 4.78 is 11.6. The summed E-state index contributed by atoms with van der Waals surface area (Å²) in [5.41, 5.74) is 0. The molecule has 0 spiro atoms. The van der Waals surface area contributed by atoms with Crippen LogP contribution in [0.5, 0.6) is 0 Å². The lowest BCUT2D eigenvalue weighted by atomic mass is 10.0. The lowest BCUT2D eigenvalue weighted by Crippen LogP contribution is -2.95. The Bertz CT molecular complexity index is 465. The van der Waals surface area contributed by atoms with Crippen LogP contribution in [0.4, 0.5) is 0 Å². The molecule has 4 aliphatic heterocycles. The van der Waals surface area contributed by atoms with E-state index in [2.05, 4.69) is 20.4 Å². The summed E-state index contributed by atoms with van der Waals surface area (Å²) in [4.78, 5) is 5.03. The van der Waals surface area contributed by atoms with Gasteiger partial charge in [-0.3, -0.25) is 9.80 Å². The molecule has 4 aliphatic rings. The van der Waals surface area contributed by atoms with Crippen molar-refractivity contribution in [2.24, 2.45) is 0 Å². The topological polar surface area (TPSA) is 98.6 Å². The number of piperidine rings is 1. The second-order valence-corrected chi connectivity index (χ2v) is 8.96. The van der Waals surface area contributed by atoms with E-state index in [0.29, 0.717) is 12.2 Å². The zero-order chi connectivity index (χ0) is 19.3. The van der Waals surface area contributed by atoms with Gasteiger partial charge in [0.25, 0.3) is 0 Å². The van der Waals surface area contributed by atoms with Crippen molar-refractivity contribution >= 4 is 0 Å². The Morgan fingerprint density at radius 1 is 0.964 bits per heavy atom. The lowest BCUT2D eigenvalue weighted by molar-refractivity contribution is -0.717. The number of aliphatic hydroxyl groups excluding tert-OH is 2. The maximum absolute atomic E-state index is 10.8. The Morgan fingerprint density at radius 2 is 1.71 bits per heavy atom. The number of nitrogens with two attached hydrogens (primary N) is 2. The highest BCUT2D eigenvalue weighted by atomic mass is 16.5. The van der Waals surface area contributed by atoms with Gasteiger partial charge in [0.05, 0.1) is 38.4 Å². The normalized spacial score (nSPS) is 39.4. The van der Waals surface area contributed by atoms with Gasteiger partial charge in [0, 0.05) is 45.4 Å². The predicted octanol–water partition coefficient (Wildman–Crippen LogP) is -3.09. The number of hydrogen-bond donors (Lipinski definition) is 4. The molecule has 0 aromatic carbocycles. The summed E-state index contributed by atoms with van der Waals surface area (Å²) in [5.74, 6) is 0. The summed E-state index contributed by atoms with van der Waals surface area (Å²) in [6.45, 7) is 7.75. The molecule has 4 fully saturated rings. The summed E-state index contributed by atoms with van der Waals surface area (Å²) in [6, 6.07) is 0.577. The van der Waals surface area contributed by atoms with Gasteiger partial charge in [-0.15, -0.1) is 0 Å². The Hall–Kier alpha value is -0.320. The first-order valence-electron chi connectivity index (χ1n) is 11.4. The van der Waals surface area contributed by atoms with Gasteiger partial charge in [-0.1, -0.05) is 0 Å². The number of rotatable bonds is 6. The fourth-order valence-corrected chi connectivity index (χ4v) is 5.53. The molecule has 0 amide bonds. The zero-order valence-electron chi connectivity index (χ0n) is 17.1. The molecule has 0 aromatic heterocycles. The molecule has 0 aliphatic carbocycles. The van der Waals surface area contributed by atoms with Gasteiger partial charge in [-0.25, -0.2) is 0 Å². The largest absolute Gasteiger partial charge is 0.394 e. The van der Waals surface area contributed by atoms with E-state index >= 15 is 0 Å². The minimum absolute atomic E-state index is 0.00859. The van der Waals surface area contributed by atoms with Gasteiger partial charge in [-0.05, 0) is 12.8 Å². The first-order chi connectivity index (χ1) is 13.8. The Morgan fingerprint density at radius 3 is 2.39 bits per heavy atom. The van der Waals surface area contributed by atoms with Crippen molar-refractivity contribution in [3.63, 3.8) is 0 Å². The minimum Gasteiger partial charge on any atom is -0.394 e. The van der Waals surface area contributed by atoms with E-state index in [1.165, 1.54) is 25.8 Å². The second kappa shape index (κ2) is 10.1. The SMILES string of the molecule is OC[C@@H]1O[C@H](C[NH2+]C2CCOCC2)[C@@H](N2CCN(C3CCCC[NH2+]3)CC2)[C@@H]1O. The second-order valence-electron chi connectivity index (χ2n) is 8.96. The van der Waals surface area contributed by atoms with Crippen LogP contribution in [0.3, 0.4) is 0 Å². The third-order valence-corrected chi connectivity index (χ3v) is 7.24. The van der Waals surface area contributed by atoms with Crippen LogP contribution in [0, 0.1) is 0 Å². The third kappa shape index (κ3) is 4.87. The van der Waals surface area contributed by atoms with Gasteiger partial charge < -0.3 is 30.3 Å². The highest BCUT2D eigenvalue weighted by Crippen LogP contribution is 2.26. The van der Waals surface area contributed by atoms with Crippen LogP contribution >= 0.6 is 0 Å². The third-order valence-electron chi connectivity index (χ3n) is 7.24. The molecule has 1 unspecified atom stereocenters. The monoisotopic (exact) mass is 400 g/mol. The molecule has 6 N–H and O–H groups in total.